The first-order valence-corrected chi connectivity index (χ1v) is 6.88. The standard InChI is InChI=1S/C15H24N2O4/c1-10(2)17-15(19)9-16-8-13(18)12-7-11(20-3)5-6-14(12)21-4/h5-7,10,13,16,18H,8-9H2,1-4H3,(H,17,19). The van der Waals surface area contributed by atoms with Gasteiger partial charge in [0.25, 0.3) is 0 Å². The number of aliphatic hydroxyl groups is 1. The number of carbonyl (C=O) groups excluding carboxylic acids is 1. The largest absolute Gasteiger partial charge is 0.497 e. The van der Waals surface area contributed by atoms with Crippen molar-refractivity contribution in [2.45, 2.75) is 26.0 Å². The maximum atomic E-state index is 11.5. The predicted octanol–water partition coefficient (Wildman–Crippen LogP) is 0.851. The Kier molecular flexibility index (Phi) is 6.98. The van der Waals surface area contributed by atoms with Crippen LogP contribution in [0.5, 0.6) is 11.5 Å². The highest BCUT2D eigenvalue weighted by Crippen LogP contribution is 2.28. The molecule has 1 unspecified atom stereocenters. The van der Waals surface area contributed by atoms with Crippen LogP contribution < -0.4 is 20.1 Å². The summed E-state index contributed by atoms with van der Waals surface area (Å²) in [5, 5.41) is 15.9. The van der Waals surface area contributed by atoms with Crippen molar-refractivity contribution in [3.63, 3.8) is 0 Å². The summed E-state index contributed by atoms with van der Waals surface area (Å²) in [4.78, 5) is 11.5. The van der Waals surface area contributed by atoms with Gasteiger partial charge in [0, 0.05) is 18.2 Å². The first-order valence-electron chi connectivity index (χ1n) is 6.88. The van der Waals surface area contributed by atoms with E-state index in [-0.39, 0.29) is 25.0 Å². The third kappa shape index (κ3) is 5.61. The Morgan fingerprint density at radius 3 is 2.57 bits per heavy atom. The van der Waals surface area contributed by atoms with E-state index in [1.54, 1.807) is 32.4 Å². The van der Waals surface area contributed by atoms with E-state index in [0.717, 1.165) is 0 Å². The highest BCUT2D eigenvalue weighted by atomic mass is 16.5. The van der Waals surface area contributed by atoms with Gasteiger partial charge in [-0.1, -0.05) is 0 Å². The van der Waals surface area contributed by atoms with Crippen LogP contribution >= 0.6 is 0 Å². The van der Waals surface area contributed by atoms with Gasteiger partial charge in [0.05, 0.1) is 26.9 Å². The molecular formula is C15H24N2O4. The topological polar surface area (TPSA) is 79.8 Å². The van der Waals surface area contributed by atoms with Gasteiger partial charge in [-0.2, -0.15) is 0 Å². The Morgan fingerprint density at radius 1 is 1.29 bits per heavy atom. The summed E-state index contributed by atoms with van der Waals surface area (Å²) in [6.07, 6.45) is -0.790. The van der Waals surface area contributed by atoms with Gasteiger partial charge in [-0.3, -0.25) is 4.79 Å². The maximum absolute atomic E-state index is 11.5. The van der Waals surface area contributed by atoms with Gasteiger partial charge in [0.15, 0.2) is 0 Å². The summed E-state index contributed by atoms with van der Waals surface area (Å²) in [5.74, 6) is 1.12. The molecule has 0 saturated heterocycles. The molecule has 1 atom stereocenters. The van der Waals surface area contributed by atoms with Crippen molar-refractivity contribution in [1.29, 1.82) is 0 Å². The number of methoxy groups -OCH3 is 2. The molecular weight excluding hydrogens is 272 g/mol. The molecule has 6 nitrogen and oxygen atoms in total. The van der Waals surface area contributed by atoms with Crippen LogP contribution in [-0.2, 0) is 4.79 Å². The van der Waals surface area contributed by atoms with E-state index in [2.05, 4.69) is 10.6 Å². The molecule has 3 N–H and O–H groups in total. The average molecular weight is 296 g/mol. The zero-order valence-corrected chi connectivity index (χ0v) is 13.0. The molecule has 0 aliphatic heterocycles. The summed E-state index contributed by atoms with van der Waals surface area (Å²) in [5.41, 5.74) is 0.619. The van der Waals surface area contributed by atoms with Crippen LogP contribution in [0.4, 0.5) is 0 Å². The van der Waals surface area contributed by atoms with Crippen LogP contribution in [0.1, 0.15) is 25.5 Å². The van der Waals surface area contributed by atoms with E-state index in [0.29, 0.717) is 17.1 Å². The van der Waals surface area contributed by atoms with Gasteiger partial charge < -0.3 is 25.2 Å². The molecule has 21 heavy (non-hydrogen) atoms. The monoisotopic (exact) mass is 296 g/mol. The van der Waals surface area contributed by atoms with Crippen molar-refractivity contribution in [2.75, 3.05) is 27.3 Å². The molecule has 6 heteroatoms. The highest BCUT2D eigenvalue weighted by molar-refractivity contribution is 5.78. The quantitative estimate of drug-likeness (QED) is 0.663. The smallest absolute Gasteiger partial charge is 0.234 e. The van der Waals surface area contributed by atoms with E-state index in [1.807, 2.05) is 13.8 Å². The lowest BCUT2D eigenvalue weighted by Gasteiger charge is -2.17. The Labute approximate surface area is 125 Å². The Balaban J connectivity index is 2.58. The molecule has 0 bridgehead atoms. The molecule has 0 heterocycles. The number of amides is 1. The zero-order chi connectivity index (χ0) is 15.8. The van der Waals surface area contributed by atoms with Crippen LogP contribution in [0, 0.1) is 0 Å². The van der Waals surface area contributed by atoms with Gasteiger partial charge in [-0.05, 0) is 32.0 Å². The molecule has 0 radical (unpaired) electrons. The van der Waals surface area contributed by atoms with Crippen LogP contribution in [-0.4, -0.2) is 44.4 Å². The molecule has 0 aliphatic carbocycles. The van der Waals surface area contributed by atoms with E-state index < -0.39 is 6.10 Å². The molecule has 0 fully saturated rings. The normalized spacial score (nSPS) is 12.1. The van der Waals surface area contributed by atoms with Gasteiger partial charge in [-0.25, -0.2) is 0 Å². The van der Waals surface area contributed by atoms with Crippen molar-refractivity contribution in [1.82, 2.24) is 10.6 Å². The van der Waals surface area contributed by atoms with E-state index >= 15 is 0 Å². The van der Waals surface area contributed by atoms with Crippen molar-refractivity contribution < 1.29 is 19.4 Å². The number of carbonyl (C=O) groups is 1. The van der Waals surface area contributed by atoms with Crippen LogP contribution in [0.25, 0.3) is 0 Å². The molecule has 0 aliphatic rings. The van der Waals surface area contributed by atoms with Gasteiger partial charge in [0.1, 0.15) is 11.5 Å². The first kappa shape index (κ1) is 17.3. The number of rotatable bonds is 8. The third-order valence-corrected chi connectivity index (χ3v) is 2.87. The number of hydrogen-bond acceptors (Lipinski definition) is 5. The predicted molar refractivity (Wildman–Crippen MR) is 80.7 cm³/mol. The summed E-state index contributed by atoms with van der Waals surface area (Å²) in [6, 6.07) is 5.32. The summed E-state index contributed by atoms with van der Waals surface area (Å²) in [6.45, 7) is 4.19. The maximum Gasteiger partial charge on any atom is 0.234 e. The average Bonchev–Trinajstić information content (AvgIpc) is 2.45. The Morgan fingerprint density at radius 2 is 2.00 bits per heavy atom. The van der Waals surface area contributed by atoms with Gasteiger partial charge >= 0.3 is 0 Å². The Bertz CT molecular complexity index is 463. The number of benzene rings is 1. The minimum Gasteiger partial charge on any atom is -0.497 e. The molecule has 1 aromatic rings. The minimum absolute atomic E-state index is 0.0997. The molecule has 1 amide bonds. The molecule has 0 spiro atoms. The van der Waals surface area contributed by atoms with E-state index in [1.165, 1.54) is 0 Å². The molecule has 1 rings (SSSR count). The summed E-state index contributed by atoms with van der Waals surface area (Å²) in [7, 11) is 3.11. The van der Waals surface area contributed by atoms with Gasteiger partial charge in [-0.15, -0.1) is 0 Å². The van der Waals surface area contributed by atoms with Crippen molar-refractivity contribution in [2.24, 2.45) is 0 Å². The van der Waals surface area contributed by atoms with E-state index in [9.17, 15) is 9.90 Å². The Hall–Kier alpha value is -1.79. The number of ether oxygens (including phenoxy) is 2. The lowest BCUT2D eigenvalue weighted by atomic mass is 10.1. The fourth-order valence-electron chi connectivity index (χ4n) is 1.91. The molecule has 0 aromatic heterocycles. The second-order valence-electron chi connectivity index (χ2n) is 4.98. The van der Waals surface area contributed by atoms with Crippen LogP contribution in [0.3, 0.4) is 0 Å². The number of nitrogens with one attached hydrogen (secondary N) is 2. The van der Waals surface area contributed by atoms with Crippen LogP contribution in [0.2, 0.25) is 0 Å². The van der Waals surface area contributed by atoms with Gasteiger partial charge in [0.2, 0.25) is 5.91 Å². The fourth-order valence-corrected chi connectivity index (χ4v) is 1.91. The molecule has 1 aromatic carbocycles. The SMILES string of the molecule is COc1ccc(OC)c(C(O)CNCC(=O)NC(C)C)c1. The number of aliphatic hydroxyl groups excluding tert-OH is 1. The zero-order valence-electron chi connectivity index (χ0n) is 13.0. The summed E-state index contributed by atoms with van der Waals surface area (Å²) >= 11 is 0. The second kappa shape index (κ2) is 8.49. The molecule has 118 valence electrons. The van der Waals surface area contributed by atoms with Crippen molar-refractivity contribution in [3.8, 4) is 11.5 Å². The lowest BCUT2D eigenvalue weighted by Crippen LogP contribution is -2.38. The lowest BCUT2D eigenvalue weighted by molar-refractivity contribution is -0.120. The van der Waals surface area contributed by atoms with Crippen molar-refractivity contribution in [3.05, 3.63) is 23.8 Å². The van der Waals surface area contributed by atoms with E-state index in [4.69, 9.17) is 9.47 Å². The minimum atomic E-state index is -0.790. The second-order valence-corrected chi connectivity index (χ2v) is 4.98. The first-order chi connectivity index (χ1) is 9.97. The van der Waals surface area contributed by atoms with Crippen LogP contribution in [0.15, 0.2) is 18.2 Å². The highest BCUT2D eigenvalue weighted by Gasteiger charge is 2.15. The number of hydrogen-bond donors (Lipinski definition) is 3. The molecule has 0 saturated carbocycles. The summed E-state index contributed by atoms with van der Waals surface area (Å²) < 4.78 is 10.4. The third-order valence-electron chi connectivity index (χ3n) is 2.87. The fraction of sp³-hybridized carbons (Fsp3) is 0.533. The van der Waals surface area contributed by atoms with Crippen molar-refractivity contribution >= 4 is 5.91 Å².